The van der Waals surface area contributed by atoms with Crippen LogP contribution in [-0.4, -0.2) is 31.7 Å². The van der Waals surface area contributed by atoms with Gasteiger partial charge >= 0.3 is 15.8 Å². The van der Waals surface area contributed by atoms with Crippen LogP contribution in [0.2, 0.25) is 0 Å². The van der Waals surface area contributed by atoms with Crippen LogP contribution in [0.15, 0.2) is 51.7 Å². The van der Waals surface area contributed by atoms with Gasteiger partial charge in [0.25, 0.3) is 10.7 Å². The van der Waals surface area contributed by atoms with E-state index in [0.717, 1.165) is 19.3 Å². The minimum Gasteiger partial charge on any atom is -0.310 e. The molecule has 0 atom stereocenters. The molecule has 0 amide bonds. The summed E-state index contributed by atoms with van der Waals surface area (Å²) in [5, 5.41) is -0.719. The Hall–Kier alpha value is -2.98. The lowest BCUT2D eigenvalue weighted by Crippen LogP contribution is -2.39. The highest BCUT2D eigenvalue weighted by atomic mass is 32.2. The van der Waals surface area contributed by atoms with Crippen LogP contribution in [-0.2, 0) is 23.7 Å². The molecule has 9 nitrogen and oxygen atoms in total. The van der Waals surface area contributed by atoms with Crippen molar-refractivity contribution in [2.45, 2.75) is 18.6 Å². The molecule has 10 heteroatoms. The molecule has 2 aromatic heterocycles. The molecule has 0 spiro atoms. The third-order valence-corrected chi connectivity index (χ3v) is 4.75. The fourth-order valence-corrected chi connectivity index (χ4v) is 3.45. The van der Waals surface area contributed by atoms with E-state index in [4.69, 9.17) is 0 Å². The van der Waals surface area contributed by atoms with Crippen molar-refractivity contribution in [3.05, 3.63) is 63.3 Å². The van der Waals surface area contributed by atoms with Crippen molar-refractivity contribution in [1.29, 1.82) is 0 Å². The Morgan fingerprint density at radius 3 is 2.58 bits per heavy atom. The van der Waals surface area contributed by atoms with E-state index in [-0.39, 0.29) is 17.7 Å². The third kappa shape index (κ3) is 2.68. The summed E-state index contributed by atoms with van der Waals surface area (Å²) in [5.74, 6) is 0. The number of imidazole rings is 1. The molecule has 0 bridgehead atoms. The van der Waals surface area contributed by atoms with Crippen molar-refractivity contribution < 1.29 is 13.0 Å². The fourth-order valence-electron chi connectivity index (χ4n) is 2.81. The molecular formula is C16H16N4O5S. The minimum absolute atomic E-state index is 0.00333. The van der Waals surface area contributed by atoms with E-state index in [0.29, 0.717) is 5.69 Å². The van der Waals surface area contributed by atoms with E-state index >= 15 is 0 Å². The summed E-state index contributed by atoms with van der Waals surface area (Å²) in [7, 11) is -3.40. The smallest absolute Gasteiger partial charge is 0.310 e. The first-order valence-corrected chi connectivity index (χ1v) is 8.98. The Morgan fingerprint density at radius 2 is 2.00 bits per heavy atom. The Morgan fingerprint density at radius 1 is 1.31 bits per heavy atom. The first-order valence-electron chi connectivity index (χ1n) is 7.54. The Labute approximate surface area is 148 Å². The standard InChI is InChI=1S/C16H16N4O5S/c1-4-8-19-13-12(18(3)15(17-13)26(23,24)25)14(21)20(16(19)22)11-7-5-6-10(2)9-11/h4-7,9H,1,8H2,2-3H3,(H,23,24,25). The lowest BCUT2D eigenvalue weighted by Gasteiger charge is -2.11. The lowest BCUT2D eigenvalue weighted by atomic mass is 10.2. The normalized spacial score (nSPS) is 11.8. The predicted molar refractivity (Wildman–Crippen MR) is 95.3 cm³/mol. The van der Waals surface area contributed by atoms with Gasteiger partial charge in [0.1, 0.15) is 0 Å². The number of hydrogen-bond donors (Lipinski definition) is 1. The molecule has 0 radical (unpaired) electrons. The highest BCUT2D eigenvalue weighted by molar-refractivity contribution is 7.85. The highest BCUT2D eigenvalue weighted by Crippen LogP contribution is 2.15. The molecule has 0 aliphatic rings. The van der Waals surface area contributed by atoms with Gasteiger partial charge in [-0.2, -0.15) is 13.4 Å². The molecule has 0 aliphatic heterocycles. The van der Waals surface area contributed by atoms with E-state index in [2.05, 4.69) is 11.6 Å². The number of allylic oxidation sites excluding steroid dienone is 1. The highest BCUT2D eigenvalue weighted by Gasteiger charge is 2.25. The van der Waals surface area contributed by atoms with Crippen LogP contribution in [0.1, 0.15) is 5.56 Å². The summed E-state index contributed by atoms with van der Waals surface area (Å²) in [6.07, 6.45) is 1.42. The molecular weight excluding hydrogens is 360 g/mol. The van der Waals surface area contributed by atoms with Crippen molar-refractivity contribution in [3.8, 4) is 5.69 Å². The van der Waals surface area contributed by atoms with Crippen LogP contribution in [0, 0.1) is 6.92 Å². The number of nitrogens with zero attached hydrogens (tertiary/aromatic N) is 4. The van der Waals surface area contributed by atoms with Crippen molar-refractivity contribution in [2.24, 2.45) is 7.05 Å². The average molecular weight is 376 g/mol. The van der Waals surface area contributed by atoms with Gasteiger partial charge in [0.2, 0.25) is 0 Å². The van der Waals surface area contributed by atoms with Crippen molar-refractivity contribution in [3.63, 3.8) is 0 Å². The largest absolute Gasteiger partial charge is 0.337 e. The maximum atomic E-state index is 13.0. The topological polar surface area (TPSA) is 116 Å². The van der Waals surface area contributed by atoms with Gasteiger partial charge in [-0.05, 0) is 24.6 Å². The second-order valence-corrected chi connectivity index (χ2v) is 7.08. The molecule has 1 aromatic carbocycles. The second kappa shape index (κ2) is 6.07. The number of benzene rings is 1. The number of aryl methyl sites for hydroxylation is 2. The fraction of sp³-hybridized carbons (Fsp3) is 0.188. The first-order chi connectivity index (χ1) is 12.2. The predicted octanol–water partition coefficient (Wildman–Crippen LogP) is 0.627. The number of hydrogen-bond acceptors (Lipinski definition) is 5. The Bertz CT molecular complexity index is 1260. The van der Waals surface area contributed by atoms with Crippen molar-refractivity contribution >= 4 is 21.3 Å². The van der Waals surface area contributed by atoms with E-state index in [1.54, 1.807) is 18.2 Å². The minimum atomic E-state index is -4.68. The lowest BCUT2D eigenvalue weighted by molar-refractivity contribution is 0.469. The van der Waals surface area contributed by atoms with Gasteiger partial charge in [-0.25, -0.2) is 9.36 Å². The Kier molecular flexibility index (Phi) is 4.17. The van der Waals surface area contributed by atoms with Crippen LogP contribution in [0.3, 0.4) is 0 Å². The number of rotatable bonds is 4. The molecule has 0 unspecified atom stereocenters. The van der Waals surface area contributed by atoms with Gasteiger partial charge in [0.15, 0.2) is 11.2 Å². The maximum absolute atomic E-state index is 13.0. The van der Waals surface area contributed by atoms with Gasteiger partial charge in [-0.15, -0.1) is 6.58 Å². The zero-order chi connectivity index (χ0) is 19.2. The van der Waals surface area contributed by atoms with E-state index < -0.39 is 26.5 Å². The number of fused-ring (bicyclic) bond motifs is 1. The molecule has 3 aromatic rings. The van der Waals surface area contributed by atoms with Gasteiger partial charge in [-0.1, -0.05) is 18.2 Å². The summed E-state index contributed by atoms with van der Waals surface area (Å²) in [4.78, 5) is 29.7. The molecule has 0 saturated heterocycles. The van der Waals surface area contributed by atoms with Gasteiger partial charge < -0.3 is 4.57 Å². The molecule has 0 saturated carbocycles. The average Bonchev–Trinajstić information content (AvgIpc) is 2.89. The monoisotopic (exact) mass is 376 g/mol. The molecule has 3 rings (SSSR count). The SMILES string of the molecule is C=CCn1c(=O)n(-c2cccc(C)c2)c(=O)c2c1nc(S(=O)(=O)O)n2C. The van der Waals surface area contributed by atoms with E-state index in [9.17, 15) is 22.6 Å². The van der Waals surface area contributed by atoms with Crippen molar-refractivity contribution in [2.75, 3.05) is 0 Å². The van der Waals surface area contributed by atoms with Gasteiger partial charge in [0.05, 0.1) is 5.69 Å². The molecule has 26 heavy (non-hydrogen) atoms. The quantitative estimate of drug-likeness (QED) is 0.527. The van der Waals surface area contributed by atoms with Crippen LogP contribution >= 0.6 is 0 Å². The summed E-state index contributed by atoms with van der Waals surface area (Å²) >= 11 is 0. The van der Waals surface area contributed by atoms with Crippen LogP contribution < -0.4 is 11.2 Å². The molecule has 2 heterocycles. The third-order valence-electron chi connectivity index (χ3n) is 3.92. The van der Waals surface area contributed by atoms with E-state index in [1.807, 2.05) is 13.0 Å². The summed E-state index contributed by atoms with van der Waals surface area (Å²) in [6, 6.07) is 6.77. The van der Waals surface area contributed by atoms with Crippen LogP contribution in [0.5, 0.6) is 0 Å². The summed E-state index contributed by atoms with van der Waals surface area (Å²) in [5.41, 5.74) is -0.504. The molecule has 1 N–H and O–H groups in total. The van der Waals surface area contributed by atoms with Crippen molar-refractivity contribution in [1.82, 2.24) is 18.7 Å². The summed E-state index contributed by atoms with van der Waals surface area (Å²) in [6.45, 7) is 5.39. The zero-order valence-electron chi connectivity index (χ0n) is 14.1. The second-order valence-electron chi connectivity index (χ2n) is 5.76. The number of aromatic nitrogens is 4. The van der Waals surface area contributed by atoms with E-state index in [1.165, 1.54) is 13.1 Å². The zero-order valence-corrected chi connectivity index (χ0v) is 14.9. The summed E-state index contributed by atoms with van der Waals surface area (Å²) < 4.78 is 35.5. The van der Waals surface area contributed by atoms with Crippen LogP contribution in [0.4, 0.5) is 0 Å². The van der Waals surface area contributed by atoms with Gasteiger partial charge in [-0.3, -0.25) is 13.9 Å². The van der Waals surface area contributed by atoms with Gasteiger partial charge in [0, 0.05) is 13.6 Å². The molecule has 136 valence electrons. The molecule has 0 fully saturated rings. The molecule has 0 aliphatic carbocycles. The first kappa shape index (κ1) is 17.8. The maximum Gasteiger partial charge on any atom is 0.337 e. The van der Waals surface area contributed by atoms with Crippen LogP contribution in [0.25, 0.3) is 16.9 Å². The Balaban J connectivity index is 2.56.